The number of ether oxygens (including phenoxy) is 4. The Bertz CT molecular complexity index is 1070. The zero-order valence-corrected chi connectivity index (χ0v) is 19.0. The van der Waals surface area contributed by atoms with Crippen molar-refractivity contribution in [1.82, 2.24) is 0 Å². The maximum absolute atomic E-state index is 10.2. The minimum Gasteiger partial charge on any atom is -0.493 e. The van der Waals surface area contributed by atoms with Crippen molar-refractivity contribution in [3.8, 4) is 23.0 Å². The molecule has 174 valence electrons. The van der Waals surface area contributed by atoms with Gasteiger partial charge in [0.1, 0.15) is 12.7 Å². The first-order valence-corrected chi connectivity index (χ1v) is 11.1. The van der Waals surface area contributed by atoms with Crippen LogP contribution >= 0.6 is 0 Å². The normalized spacial score (nSPS) is 16.7. The van der Waals surface area contributed by atoms with Crippen molar-refractivity contribution in [3.05, 3.63) is 82.9 Å². The van der Waals surface area contributed by atoms with E-state index in [1.54, 1.807) is 14.2 Å². The van der Waals surface area contributed by atoms with E-state index >= 15 is 0 Å². The van der Waals surface area contributed by atoms with Crippen LogP contribution < -0.4 is 18.9 Å². The van der Waals surface area contributed by atoms with Gasteiger partial charge in [0.2, 0.25) is 0 Å². The van der Waals surface area contributed by atoms with Crippen molar-refractivity contribution in [3.63, 3.8) is 0 Å². The standard InChI is InChI=1S/C27H30O6/c1-30-24-15-20(10-11-23(24)32-17-18-7-4-3-5-8-18)26-22(16-29)21-13-19(9-6-12-28)14-25(31-2)27(21)33-26/h3-5,7-8,10-11,13-15,22,26,28-29H,6,9,12,16-17H2,1-2H3/t22-,26-/m0/s1. The molecule has 0 aromatic heterocycles. The number of methoxy groups -OCH3 is 2. The van der Waals surface area contributed by atoms with Crippen LogP contribution in [0.3, 0.4) is 0 Å². The molecule has 0 saturated heterocycles. The van der Waals surface area contributed by atoms with E-state index in [-0.39, 0.29) is 25.2 Å². The van der Waals surface area contributed by atoms with Gasteiger partial charge in [-0.1, -0.05) is 42.5 Å². The summed E-state index contributed by atoms with van der Waals surface area (Å²) < 4.78 is 23.5. The minimum absolute atomic E-state index is 0.0706. The molecule has 2 atom stereocenters. The SMILES string of the molecule is COc1cc([C@@H]2Oc3c(OC)cc(CCCO)cc3[C@@H]2CO)ccc1OCc1ccccc1. The first-order chi connectivity index (χ1) is 16.2. The molecule has 0 spiro atoms. The van der Waals surface area contributed by atoms with E-state index in [2.05, 4.69) is 0 Å². The van der Waals surface area contributed by atoms with Gasteiger partial charge in [0.05, 0.1) is 26.7 Å². The third-order valence-electron chi connectivity index (χ3n) is 5.95. The van der Waals surface area contributed by atoms with Crippen LogP contribution in [0, 0.1) is 0 Å². The van der Waals surface area contributed by atoms with Crippen LogP contribution in [0.2, 0.25) is 0 Å². The monoisotopic (exact) mass is 450 g/mol. The van der Waals surface area contributed by atoms with Crippen LogP contribution in [0.1, 0.15) is 40.7 Å². The summed E-state index contributed by atoms with van der Waals surface area (Å²) in [6.07, 6.45) is 1.01. The molecule has 1 aliphatic heterocycles. The Morgan fingerprint density at radius 3 is 2.33 bits per heavy atom. The number of aryl methyl sites for hydroxylation is 1. The molecular weight excluding hydrogens is 420 g/mol. The Kier molecular flexibility index (Phi) is 7.37. The molecule has 6 heteroatoms. The fourth-order valence-electron chi connectivity index (χ4n) is 4.25. The zero-order chi connectivity index (χ0) is 23.2. The molecule has 4 rings (SSSR count). The minimum atomic E-state index is -0.385. The molecule has 0 amide bonds. The van der Waals surface area contributed by atoms with Gasteiger partial charge in [-0.05, 0) is 47.7 Å². The molecule has 0 bridgehead atoms. The van der Waals surface area contributed by atoms with Crippen LogP contribution in [0.15, 0.2) is 60.7 Å². The van der Waals surface area contributed by atoms with Crippen LogP contribution in [0.4, 0.5) is 0 Å². The van der Waals surface area contributed by atoms with E-state index in [9.17, 15) is 10.2 Å². The van der Waals surface area contributed by atoms with E-state index in [1.807, 2.05) is 60.7 Å². The van der Waals surface area contributed by atoms with Gasteiger partial charge >= 0.3 is 0 Å². The van der Waals surface area contributed by atoms with Crippen molar-refractivity contribution in [2.75, 3.05) is 27.4 Å². The highest BCUT2D eigenvalue weighted by atomic mass is 16.5. The van der Waals surface area contributed by atoms with Gasteiger partial charge in [-0.15, -0.1) is 0 Å². The molecule has 0 fully saturated rings. The van der Waals surface area contributed by atoms with Crippen molar-refractivity contribution < 1.29 is 29.2 Å². The number of benzene rings is 3. The molecule has 33 heavy (non-hydrogen) atoms. The molecule has 6 nitrogen and oxygen atoms in total. The number of hydrogen-bond acceptors (Lipinski definition) is 6. The summed E-state index contributed by atoms with van der Waals surface area (Å²) in [5.41, 5.74) is 3.92. The van der Waals surface area contributed by atoms with Gasteiger partial charge in [0, 0.05) is 12.2 Å². The maximum atomic E-state index is 10.2. The molecule has 0 saturated carbocycles. The second kappa shape index (κ2) is 10.6. The quantitative estimate of drug-likeness (QED) is 0.476. The van der Waals surface area contributed by atoms with Gasteiger partial charge < -0.3 is 29.2 Å². The lowest BCUT2D eigenvalue weighted by Gasteiger charge is -2.19. The summed E-state index contributed by atoms with van der Waals surface area (Å²) >= 11 is 0. The number of rotatable bonds is 10. The van der Waals surface area contributed by atoms with Crippen LogP contribution in [0.25, 0.3) is 0 Å². The van der Waals surface area contributed by atoms with Gasteiger partial charge in [0.15, 0.2) is 23.0 Å². The Balaban J connectivity index is 1.59. The Morgan fingerprint density at radius 1 is 0.848 bits per heavy atom. The third-order valence-corrected chi connectivity index (χ3v) is 5.95. The highest BCUT2D eigenvalue weighted by Gasteiger charge is 2.38. The predicted octanol–water partition coefficient (Wildman–Crippen LogP) is 4.42. The Labute approximate surface area is 194 Å². The summed E-state index contributed by atoms with van der Waals surface area (Å²) in [6, 6.07) is 19.7. The number of aliphatic hydroxyl groups excluding tert-OH is 2. The fourth-order valence-corrected chi connectivity index (χ4v) is 4.25. The average Bonchev–Trinajstić information content (AvgIpc) is 3.24. The van der Waals surface area contributed by atoms with E-state index in [0.29, 0.717) is 36.0 Å². The lowest BCUT2D eigenvalue weighted by Crippen LogP contribution is -2.13. The van der Waals surface area contributed by atoms with Gasteiger partial charge in [-0.3, -0.25) is 0 Å². The first kappa shape index (κ1) is 23.0. The largest absolute Gasteiger partial charge is 0.493 e. The van der Waals surface area contributed by atoms with Crippen LogP contribution in [-0.4, -0.2) is 37.6 Å². The zero-order valence-electron chi connectivity index (χ0n) is 19.0. The predicted molar refractivity (Wildman–Crippen MR) is 125 cm³/mol. The molecule has 0 aliphatic carbocycles. The third kappa shape index (κ3) is 4.92. The van der Waals surface area contributed by atoms with E-state index in [0.717, 1.165) is 28.7 Å². The van der Waals surface area contributed by atoms with Crippen molar-refractivity contribution in [1.29, 1.82) is 0 Å². The molecular formula is C27H30O6. The van der Waals surface area contributed by atoms with Crippen LogP contribution in [-0.2, 0) is 13.0 Å². The van der Waals surface area contributed by atoms with Gasteiger partial charge in [-0.25, -0.2) is 0 Å². The average molecular weight is 451 g/mol. The van der Waals surface area contributed by atoms with E-state index < -0.39 is 0 Å². The molecule has 0 radical (unpaired) electrons. The molecule has 1 heterocycles. The smallest absolute Gasteiger partial charge is 0.165 e. The highest BCUT2D eigenvalue weighted by molar-refractivity contribution is 5.56. The Morgan fingerprint density at radius 2 is 1.64 bits per heavy atom. The molecule has 1 aliphatic rings. The van der Waals surface area contributed by atoms with Crippen molar-refractivity contribution in [2.24, 2.45) is 0 Å². The highest BCUT2D eigenvalue weighted by Crippen LogP contribution is 2.51. The first-order valence-electron chi connectivity index (χ1n) is 11.1. The van der Waals surface area contributed by atoms with Crippen molar-refractivity contribution in [2.45, 2.75) is 31.5 Å². The lowest BCUT2D eigenvalue weighted by atomic mass is 9.90. The number of hydrogen-bond donors (Lipinski definition) is 2. The van der Waals surface area contributed by atoms with E-state index in [1.165, 1.54) is 0 Å². The number of fused-ring (bicyclic) bond motifs is 1. The van der Waals surface area contributed by atoms with Gasteiger partial charge in [0.25, 0.3) is 0 Å². The van der Waals surface area contributed by atoms with Crippen molar-refractivity contribution >= 4 is 0 Å². The topological polar surface area (TPSA) is 77.4 Å². The van der Waals surface area contributed by atoms with Crippen LogP contribution in [0.5, 0.6) is 23.0 Å². The summed E-state index contributed by atoms with van der Waals surface area (Å²) in [7, 11) is 3.22. The lowest BCUT2D eigenvalue weighted by molar-refractivity contribution is 0.156. The summed E-state index contributed by atoms with van der Waals surface area (Å²) in [6.45, 7) is 0.494. The molecule has 2 N–H and O–H groups in total. The fraction of sp³-hybridized carbons (Fsp3) is 0.333. The Hall–Kier alpha value is -3.22. The summed E-state index contributed by atoms with van der Waals surface area (Å²) in [5, 5.41) is 19.4. The second-order valence-electron chi connectivity index (χ2n) is 8.06. The van der Waals surface area contributed by atoms with E-state index in [4.69, 9.17) is 18.9 Å². The maximum Gasteiger partial charge on any atom is 0.165 e. The molecule has 3 aromatic rings. The number of aliphatic hydroxyl groups is 2. The summed E-state index contributed by atoms with van der Waals surface area (Å²) in [5.74, 6) is 2.29. The molecule has 3 aromatic carbocycles. The molecule has 0 unspecified atom stereocenters. The second-order valence-corrected chi connectivity index (χ2v) is 8.06. The van der Waals surface area contributed by atoms with Gasteiger partial charge in [-0.2, -0.15) is 0 Å². The summed E-state index contributed by atoms with van der Waals surface area (Å²) in [4.78, 5) is 0.